The zero-order chi connectivity index (χ0) is 15.5. The quantitative estimate of drug-likeness (QED) is 0.836. The van der Waals surface area contributed by atoms with Crippen LogP contribution in [-0.4, -0.2) is 42.8 Å². The fourth-order valence-corrected chi connectivity index (χ4v) is 3.99. The average molecular weight is 369 g/mol. The summed E-state index contributed by atoms with van der Waals surface area (Å²) < 4.78 is 6.35. The highest BCUT2D eigenvalue weighted by Crippen LogP contribution is 2.45. The molecular weight excluding hydrogens is 344 g/mol. The number of phenolic OH excluding ortho intramolecular Hbond substituents is 1. The predicted molar refractivity (Wildman–Crippen MR) is 91.5 cm³/mol. The number of rotatable bonds is 5. The minimum absolute atomic E-state index is 0.207. The zero-order valence-electron chi connectivity index (χ0n) is 13.1. The number of halogens is 1. The average Bonchev–Trinajstić information content (AvgIpc) is 2.48. The first-order valence-corrected chi connectivity index (χ1v) is 9.10. The maximum absolute atomic E-state index is 10.2. The Bertz CT molecular complexity index is 514. The number of benzene rings is 1. The molecule has 0 amide bonds. The summed E-state index contributed by atoms with van der Waals surface area (Å²) in [7, 11) is 0. The zero-order valence-corrected chi connectivity index (χ0v) is 14.7. The Hall–Kier alpha value is -0.780. The van der Waals surface area contributed by atoms with E-state index in [1.54, 1.807) is 0 Å². The molecule has 3 rings (SSSR count). The highest BCUT2D eigenvalue weighted by Gasteiger charge is 2.34. The Morgan fingerprint density at radius 1 is 1.36 bits per heavy atom. The normalized spacial score (nSPS) is 21.4. The summed E-state index contributed by atoms with van der Waals surface area (Å²) in [4.78, 5) is 2.59. The maximum atomic E-state index is 10.2. The Kier molecular flexibility index (Phi) is 5.26. The monoisotopic (exact) mass is 368 g/mol. The molecule has 1 saturated heterocycles. The van der Waals surface area contributed by atoms with Crippen LogP contribution < -0.4 is 10.1 Å². The second-order valence-corrected chi connectivity index (χ2v) is 7.06. The van der Waals surface area contributed by atoms with Crippen molar-refractivity contribution >= 4 is 15.9 Å². The predicted octanol–water partition coefficient (Wildman–Crippen LogP) is 3.30. The second kappa shape index (κ2) is 7.20. The Morgan fingerprint density at radius 2 is 2.09 bits per heavy atom. The molecular formula is C17H25BrN2O2. The van der Waals surface area contributed by atoms with Gasteiger partial charge in [0.25, 0.3) is 0 Å². The van der Waals surface area contributed by atoms with Crippen LogP contribution in [0.3, 0.4) is 0 Å². The molecule has 22 heavy (non-hydrogen) atoms. The van der Waals surface area contributed by atoms with Crippen LogP contribution in [0.15, 0.2) is 16.6 Å². The molecule has 0 aromatic heterocycles. The molecule has 4 nitrogen and oxygen atoms in total. The van der Waals surface area contributed by atoms with Crippen LogP contribution in [0.25, 0.3) is 0 Å². The first-order chi connectivity index (χ1) is 10.7. The molecule has 0 unspecified atom stereocenters. The van der Waals surface area contributed by atoms with E-state index in [-0.39, 0.29) is 5.75 Å². The van der Waals surface area contributed by atoms with Crippen molar-refractivity contribution in [3.63, 3.8) is 0 Å². The summed E-state index contributed by atoms with van der Waals surface area (Å²) in [5.41, 5.74) is 1.26. The van der Waals surface area contributed by atoms with Gasteiger partial charge in [0, 0.05) is 32.2 Å². The van der Waals surface area contributed by atoms with Gasteiger partial charge in [-0.25, -0.2) is 0 Å². The van der Waals surface area contributed by atoms with Crippen molar-refractivity contribution < 1.29 is 9.84 Å². The summed E-state index contributed by atoms with van der Waals surface area (Å²) in [6.45, 7) is 6.79. The molecule has 1 aromatic rings. The Labute approximate surface area is 141 Å². The molecule has 1 atom stereocenters. The largest absolute Gasteiger partial charge is 0.503 e. The van der Waals surface area contributed by atoms with E-state index in [0.717, 1.165) is 36.6 Å². The van der Waals surface area contributed by atoms with Gasteiger partial charge in [0.05, 0.1) is 11.1 Å². The number of nitrogens with one attached hydrogen (secondary N) is 1. The van der Waals surface area contributed by atoms with Crippen LogP contribution in [0.2, 0.25) is 0 Å². The Morgan fingerprint density at radius 3 is 2.68 bits per heavy atom. The van der Waals surface area contributed by atoms with Crippen molar-refractivity contribution in [1.82, 2.24) is 10.2 Å². The molecule has 2 aliphatic rings. The van der Waals surface area contributed by atoms with E-state index >= 15 is 0 Å². The number of piperazine rings is 1. The molecule has 5 heteroatoms. The van der Waals surface area contributed by atoms with Crippen molar-refractivity contribution in [3.05, 3.63) is 22.2 Å². The van der Waals surface area contributed by atoms with E-state index in [2.05, 4.69) is 32.2 Å². The number of hydrogen-bond acceptors (Lipinski definition) is 4. The molecule has 2 fully saturated rings. The third-order valence-corrected chi connectivity index (χ3v) is 5.44. The fraction of sp³-hybridized carbons (Fsp3) is 0.647. The Balaban J connectivity index is 1.92. The highest BCUT2D eigenvalue weighted by molar-refractivity contribution is 9.10. The van der Waals surface area contributed by atoms with E-state index in [9.17, 15) is 5.11 Å². The molecule has 2 N–H and O–H groups in total. The van der Waals surface area contributed by atoms with Crippen LogP contribution in [0, 0.1) is 5.92 Å². The lowest BCUT2D eigenvalue weighted by Crippen LogP contribution is -2.47. The lowest BCUT2D eigenvalue weighted by Gasteiger charge is -2.43. The maximum Gasteiger partial charge on any atom is 0.172 e. The van der Waals surface area contributed by atoms with E-state index in [1.165, 1.54) is 24.8 Å². The SMILES string of the molecule is CCOc1cc([C@@H](C2CCC2)N2CCNCC2)cc(Br)c1O. The topological polar surface area (TPSA) is 44.7 Å². The molecule has 1 heterocycles. The fourth-order valence-electron chi connectivity index (χ4n) is 3.53. The molecule has 0 radical (unpaired) electrons. The van der Waals surface area contributed by atoms with Crippen LogP contribution >= 0.6 is 15.9 Å². The minimum Gasteiger partial charge on any atom is -0.503 e. The van der Waals surface area contributed by atoms with Gasteiger partial charge in [-0.2, -0.15) is 0 Å². The molecule has 1 aliphatic heterocycles. The molecule has 122 valence electrons. The van der Waals surface area contributed by atoms with Gasteiger partial charge < -0.3 is 15.2 Å². The van der Waals surface area contributed by atoms with Gasteiger partial charge in [-0.1, -0.05) is 6.42 Å². The smallest absolute Gasteiger partial charge is 0.172 e. The van der Waals surface area contributed by atoms with Gasteiger partial charge in [-0.3, -0.25) is 4.90 Å². The lowest BCUT2D eigenvalue weighted by atomic mass is 9.76. The molecule has 1 saturated carbocycles. The number of aromatic hydroxyl groups is 1. The van der Waals surface area contributed by atoms with Crippen LogP contribution in [0.1, 0.15) is 37.8 Å². The third-order valence-electron chi connectivity index (χ3n) is 4.83. The van der Waals surface area contributed by atoms with Crippen LogP contribution in [-0.2, 0) is 0 Å². The molecule has 1 aromatic carbocycles. The summed E-state index contributed by atoms with van der Waals surface area (Å²) in [5, 5.41) is 13.6. The van der Waals surface area contributed by atoms with E-state index in [0.29, 0.717) is 18.4 Å². The standard InChI is InChI=1S/C17H25BrN2O2/c1-2-22-15-11-13(10-14(18)17(15)21)16(12-4-3-5-12)20-8-6-19-7-9-20/h10-12,16,19,21H,2-9H2,1H3/t16-/m1/s1. The van der Waals surface area contributed by atoms with Gasteiger partial charge in [0.1, 0.15) is 0 Å². The lowest BCUT2D eigenvalue weighted by molar-refractivity contribution is 0.0834. The van der Waals surface area contributed by atoms with Crippen molar-refractivity contribution in [2.45, 2.75) is 32.2 Å². The summed E-state index contributed by atoms with van der Waals surface area (Å²) in [6, 6.07) is 4.55. The van der Waals surface area contributed by atoms with Crippen LogP contribution in [0.4, 0.5) is 0 Å². The van der Waals surface area contributed by atoms with E-state index in [1.807, 2.05) is 13.0 Å². The number of hydrogen-bond donors (Lipinski definition) is 2. The van der Waals surface area contributed by atoms with Crippen molar-refractivity contribution in [3.8, 4) is 11.5 Å². The molecule has 1 aliphatic carbocycles. The first kappa shape index (κ1) is 16.1. The van der Waals surface area contributed by atoms with Gasteiger partial charge in [-0.15, -0.1) is 0 Å². The van der Waals surface area contributed by atoms with Gasteiger partial charge in [-0.05, 0) is 59.3 Å². The summed E-state index contributed by atoms with van der Waals surface area (Å²) in [5.74, 6) is 1.52. The number of ether oxygens (including phenoxy) is 1. The highest BCUT2D eigenvalue weighted by atomic mass is 79.9. The second-order valence-electron chi connectivity index (χ2n) is 6.20. The van der Waals surface area contributed by atoms with Crippen molar-refractivity contribution in [2.24, 2.45) is 5.92 Å². The van der Waals surface area contributed by atoms with Gasteiger partial charge >= 0.3 is 0 Å². The van der Waals surface area contributed by atoms with E-state index < -0.39 is 0 Å². The summed E-state index contributed by atoms with van der Waals surface area (Å²) in [6.07, 6.45) is 3.94. The number of nitrogens with zero attached hydrogens (tertiary/aromatic N) is 1. The van der Waals surface area contributed by atoms with Gasteiger partial charge in [0.15, 0.2) is 11.5 Å². The van der Waals surface area contributed by atoms with Gasteiger partial charge in [0.2, 0.25) is 0 Å². The van der Waals surface area contributed by atoms with E-state index in [4.69, 9.17) is 4.74 Å². The van der Waals surface area contributed by atoms with Crippen molar-refractivity contribution in [1.29, 1.82) is 0 Å². The number of phenols is 1. The third kappa shape index (κ3) is 3.26. The summed E-state index contributed by atoms with van der Waals surface area (Å²) >= 11 is 3.49. The molecule has 0 spiro atoms. The first-order valence-electron chi connectivity index (χ1n) is 8.30. The van der Waals surface area contributed by atoms with Crippen molar-refractivity contribution in [2.75, 3.05) is 32.8 Å². The molecule has 0 bridgehead atoms. The van der Waals surface area contributed by atoms with Crippen LogP contribution in [0.5, 0.6) is 11.5 Å². The minimum atomic E-state index is 0.207.